The maximum atomic E-state index is 4.75. The van der Waals surface area contributed by atoms with Gasteiger partial charge < -0.3 is 5.32 Å². The Labute approximate surface area is 132 Å². The number of aryl methyl sites for hydroxylation is 2. The van der Waals surface area contributed by atoms with Gasteiger partial charge in [0, 0.05) is 14.2 Å². The average Bonchev–Trinajstić information content (AvgIpc) is 2.85. The molecule has 0 saturated heterocycles. The van der Waals surface area contributed by atoms with E-state index in [1.165, 1.54) is 15.4 Å². The van der Waals surface area contributed by atoms with E-state index in [9.17, 15) is 0 Å². The van der Waals surface area contributed by atoms with Gasteiger partial charge in [-0.15, -0.1) is 22.7 Å². The third-order valence-corrected chi connectivity index (χ3v) is 7.13. The predicted octanol–water partition coefficient (Wildman–Crippen LogP) is 4.91. The SMILES string of the molecule is CCc1nc(C(NC)c2cc(Br)c(Br)s2)sc1C. The molecule has 1 atom stereocenters. The Hall–Kier alpha value is 0.250. The van der Waals surface area contributed by atoms with Gasteiger partial charge in [0.25, 0.3) is 0 Å². The minimum absolute atomic E-state index is 0.182. The fourth-order valence-corrected chi connectivity index (χ4v) is 5.21. The van der Waals surface area contributed by atoms with E-state index in [1.54, 1.807) is 22.7 Å². The molecule has 0 saturated carbocycles. The third-order valence-electron chi connectivity index (χ3n) is 2.73. The minimum Gasteiger partial charge on any atom is -0.307 e. The highest BCUT2D eigenvalue weighted by Gasteiger charge is 2.20. The van der Waals surface area contributed by atoms with Crippen LogP contribution in [0.4, 0.5) is 0 Å². The van der Waals surface area contributed by atoms with Crippen molar-refractivity contribution in [2.45, 2.75) is 26.3 Å². The molecule has 0 fully saturated rings. The van der Waals surface area contributed by atoms with Gasteiger partial charge in [-0.1, -0.05) is 6.92 Å². The zero-order valence-corrected chi connectivity index (χ0v) is 15.2. The second-order valence-electron chi connectivity index (χ2n) is 3.90. The van der Waals surface area contributed by atoms with Crippen LogP contribution in [0.5, 0.6) is 0 Å². The zero-order valence-electron chi connectivity index (χ0n) is 10.4. The Morgan fingerprint density at radius 1 is 1.39 bits per heavy atom. The fourth-order valence-electron chi connectivity index (χ4n) is 1.79. The Kier molecular flexibility index (Phi) is 4.99. The lowest BCUT2D eigenvalue weighted by atomic mass is 10.2. The van der Waals surface area contributed by atoms with Gasteiger partial charge in [-0.25, -0.2) is 4.98 Å². The van der Waals surface area contributed by atoms with E-state index in [2.05, 4.69) is 57.1 Å². The summed E-state index contributed by atoms with van der Waals surface area (Å²) >= 11 is 10.6. The maximum Gasteiger partial charge on any atom is 0.115 e. The Morgan fingerprint density at radius 3 is 2.56 bits per heavy atom. The van der Waals surface area contributed by atoms with E-state index in [0.29, 0.717) is 0 Å². The number of rotatable bonds is 4. The van der Waals surface area contributed by atoms with Crippen molar-refractivity contribution >= 4 is 54.5 Å². The van der Waals surface area contributed by atoms with Gasteiger partial charge in [0.1, 0.15) is 5.01 Å². The standard InChI is InChI=1S/C12H14Br2N2S2/c1-4-8-6(2)17-12(16-8)10(15-3)9-5-7(13)11(14)18-9/h5,10,15H,4H2,1-3H3. The summed E-state index contributed by atoms with van der Waals surface area (Å²) in [4.78, 5) is 7.34. The first-order valence-corrected chi connectivity index (χ1v) is 8.86. The summed E-state index contributed by atoms with van der Waals surface area (Å²) in [6.07, 6.45) is 0.997. The molecule has 2 aromatic rings. The van der Waals surface area contributed by atoms with E-state index < -0.39 is 0 Å². The summed E-state index contributed by atoms with van der Waals surface area (Å²) in [5.41, 5.74) is 1.21. The lowest BCUT2D eigenvalue weighted by Gasteiger charge is -2.10. The first kappa shape index (κ1) is 14.7. The average molecular weight is 410 g/mol. The normalized spacial score (nSPS) is 12.9. The van der Waals surface area contributed by atoms with Gasteiger partial charge in [-0.05, 0) is 58.3 Å². The highest BCUT2D eigenvalue weighted by atomic mass is 79.9. The van der Waals surface area contributed by atoms with E-state index in [4.69, 9.17) is 4.98 Å². The van der Waals surface area contributed by atoms with E-state index in [0.717, 1.165) is 19.7 Å². The number of nitrogens with zero attached hydrogens (tertiary/aromatic N) is 1. The highest BCUT2D eigenvalue weighted by molar-refractivity contribution is 9.13. The van der Waals surface area contributed by atoms with Crippen LogP contribution in [0.15, 0.2) is 14.3 Å². The summed E-state index contributed by atoms with van der Waals surface area (Å²) in [5.74, 6) is 0. The predicted molar refractivity (Wildman–Crippen MR) is 86.9 cm³/mol. The van der Waals surface area contributed by atoms with Crippen LogP contribution in [-0.2, 0) is 6.42 Å². The summed E-state index contributed by atoms with van der Waals surface area (Å²) in [6, 6.07) is 2.33. The van der Waals surface area contributed by atoms with Crippen molar-refractivity contribution in [2.75, 3.05) is 7.05 Å². The molecule has 0 aliphatic carbocycles. The van der Waals surface area contributed by atoms with Crippen molar-refractivity contribution in [3.63, 3.8) is 0 Å². The van der Waals surface area contributed by atoms with Crippen LogP contribution in [-0.4, -0.2) is 12.0 Å². The molecule has 98 valence electrons. The fraction of sp³-hybridized carbons (Fsp3) is 0.417. The summed E-state index contributed by atoms with van der Waals surface area (Å²) in [6.45, 7) is 4.30. The number of thiophene rings is 1. The lowest BCUT2D eigenvalue weighted by Crippen LogP contribution is -2.16. The molecule has 0 amide bonds. The molecule has 0 bridgehead atoms. The third kappa shape index (κ3) is 2.88. The van der Waals surface area contributed by atoms with Crippen LogP contribution in [0.2, 0.25) is 0 Å². The quantitative estimate of drug-likeness (QED) is 0.775. The zero-order chi connectivity index (χ0) is 13.3. The van der Waals surface area contributed by atoms with Crippen molar-refractivity contribution in [2.24, 2.45) is 0 Å². The summed E-state index contributed by atoms with van der Waals surface area (Å²) in [5, 5.41) is 4.50. The second-order valence-corrected chi connectivity index (χ2v) is 8.39. The number of aromatic nitrogens is 1. The molecule has 18 heavy (non-hydrogen) atoms. The van der Waals surface area contributed by atoms with E-state index in [-0.39, 0.29) is 6.04 Å². The molecule has 2 heterocycles. The topological polar surface area (TPSA) is 24.9 Å². The summed E-state index contributed by atoms with van der Waals surface area (Å²) < 4.78 is 2.23. The van der Waals surface area contributed by atoms with Gasteiger partial charge in [-0.3, -0.25) is 0 Å². The smallest absolute Gasteiger partial charge is 0.115 e. The molecular weight excluding hydrogens is 396 g/mol. The van der Waals surface area contributed by atoms with Crippen molar-refractivity contribution in [3.05, 3.63) is 34.8 Å². The van der Waals surface area contributed by atoms with Gasteiger partial charge in [0.2, 0.25) is 0 Å². The van der Waals surface area contributed by atoms with Gasteiger partial charge >= 0.3 is 0 Å². The van der Waals surface area contributed by atoms with Crippen LogP contribution in [0, 0.1) is 6.92 Å². The van der Waals surface area contributed by atoms with Crippen LogP contribution < -0.4 is 5.32 Å². The van der Waals surface area contributed by atoms with Crippen molar-refractivity contribution in [3.8, 4) is 0 Å². The molecule has 2 rings (SSSR count). The number of nitrogens with one attached hydrogen (secondary N) is 1. The molecule has 0 radical (unpaired) electrons. The first-order valence-electron chi connectivity index (χ1n) is 5.65. The van der Waals surface area contributed by atoms with Gasteiger partial charge in [0.05, 0.1) is 15.5 Å². The first-order chi connectivity index (χ1) is 8.56. The molecule has 0 aliphatic heterocycles. The minimum atomic E-state index is 0.182. The molecule has 1 N–H and O–H groups in total. The Morgan fingerprint density at radius 2 is 2.11 bits per heavy atom. The molecule has 2 nitrogen and oxygen atoms in total. The Bertz CT molecular complexity index is 529. The van der Waals surface area contributed by atoms with Crippen molar-refractivity contribution < 1.29 is 0 Å². The number of hydrogen-bond donors (Lipinski definition) is 1. The molecule has 2 aromatic heterocycles. The Balaban J connectivity index is 2.38. The molecule has 0 spiro atoms. The number of thiazole rings is 1. The maximum absolute atomic E-state index is 4.75. The van der Waals surface area contributed by atoms with Gasteiger partial charge in [-0.2, -0.15) is 0 Å². The van der Waals surface area contributed by atoms with Crippen molar-refractivity contribution in [1.82, 2.24) is 10.3 Å². The number of hydrogen-bond acceptors (Lipinski definition) is 4. The van der Waals surface area contributed by atoms with Crippen molar-refractivity contribution in [1.29, 1.82) is 0 Å². The van der Waals surface area contributed by atoms with Gasteiger partial charge in [0.15, 0.2) is 0 Å². The number of halogens is 2. The molecule has 0 aromatic carbocycles. The molecule has 6 heteroatoms. The van der Waals surface area contributed by atoms with Crippen LogP contribution >= 0.6 is 54.5 Å². The van der Waals surface area contributed by atoms with Crippen LogP contribution in [0.3, 0.4) is 0 Å². The molecule has 0 aliphatic rings. The molecular formula is C12H14Br2N2S2. The van der Waals surface area contributed by atoms with Crippen LogP contribution in [0.25, 0.3) is 0 Å². The van der Waals surface area contributed by atoms with Crippen LogP contribution in [0.1, 0.15) is 33.4 Å². The highest BCUT2D eigenvalue weighted by Crippen LogP contribution is 2.38. The second kappa shape index (κ2) is 6.13. The monoisotopic (exact) mass is 408 g/mol. The molecule has 1 unspecified atom stereocenters. The lowest BCUT2D eigenvalue weighted by molar-refractivity contribution is 0.695. The summed E-state index contributed by atoms with van der Waals surface area (Å²) in [7, 11) is 1.98. The van der Waals surface area contributed by atoms with E-state index in [1.807, 2.05) is 7.05 Å². The largest absolute Gasteiger partial charge is 0.307 e. The van der Waals surface area contributed by atoms with E-state index >= 15 is 0 Å².